The monoisotopic (exact) mass is 427 g/mol. The molecule has 2 N–H and O–H groups in total. The number of methoxy groups -OCH3 is 1. The summed E-state index contributed by atoms with van der Waals surface area (Å²) in [5.41, 5.74) is 0.264. The molecule has 1 amide bonds. The molecule has 0 radical (unpaired) electrons. The second kappa shape index (κ2) is 9.66. The Balaban J connectivity index is 2.19. The number of ether oxygens (including phenoxy) is 1. The maximum atomic E-state index is 13.2. The summed E-state index contributed by atoms with van der Waals surface area (Å²) in [6.07, 6.45) is 0. The SMILES string of the molecule is CCN(CC)S(=O)(=O)c1ccc(OC)c(NC(=O)CNc2cc(F)cc(F)c2)c1. The summed E-state index contributed by atoms with van der Waals surface area (Å²) >= 11 is 0. The molecule has 29 heavy (non-hydrogen) atoms. The van der Waals surface area contributed by atoms with E-state index in [0.29, 0.717) is 13.1 Å². The summed E-state index contributed by atoms with van der Waals surface area (Å²) in [7, 11) is -2.34. The van der Waals surface area contributed by atoms with E-state index in [0.717, 1.165) is 18.2 Å². The van der Waals surface area contributed by atoms with Crippen LogP contribution in [0.2, 0.25) is 0 Å². The van der Waals surface area contributed by atoms with Crippen molar-refractivity contribution in [2.45, 2.75) is 18.7 Å². The molecule has 0 saturated heterocycles. The Morgan fingerprint density at radius 1 is 1.07 bits per heavy atom. The summed E-state index contributed by atoms with van der Waals surface area (Å²) in [6.45, 7) is 3.78. The topological polar surface area (TPSA) is 87.7 Å². The maximum absolute atomic E-state index is 13.2. The van der Waals surface area contributed by atoms with Gasteiger partial charge in [-0.05, 0) is 30.3 Å². The summed E-state index contributed by atoms with van der Waals surface area (Å²) in [5.74, 6) is -1.83. The molecule has 2 rings (SSSR count). The molecule has 10 heteroatoms. The van der Waals surface area contributed by atoms with E-state index in [1.807, 2.05) is 0 Å². The molecule has 0 saturated carbocycles. The van der Waals surface area contributed by atoms with E-state index in [4.69, 9.17) is 4.74 Å². The Bertz CT molecular complexity index is 959. The molecule has 0 aliphatic rings. The first-order valence-electron chi connectivity index (χ1n) is 8.89. The fourth-order valence-corrected chi connectivity index (χ4v) is 4.18. The van der Waals surface area contributed by atoms with Crippen molar-refractivity contribution in [2.75, 3.05) is 37.4 Å². The lowest BCUT2D eigenvalue weighted by atomic mass is 10.2. The Labute approximate surface area is 168 Å². The van der Waals surface area contributed by atoms with Crippen molar-refractivity contribution in [1.82, 2.24) is 4.31 Å². The number of hydrogen-bond donors (Lipinski definition) is 2. The van der Waals surface area contributed by atoms with Crippen molar-refractivity contribution in [3.8, 4) is 5.75 Å². The molecule has 158 valence electrons. The maximum Gasteiger partial charge on any atom is 0.243 e. The molecular weight excluding hydrogens is 404 g/mol. The zero-order valence-electron chi connectivity index (χ0n) is 16.3. The summed E-state index contributed by atoms with van der Waals surface area (Å²) in [4.78, 5) is 12.3. The number of anilines is 2. The predicted octanol–water partition coefficient (Wildman–Crippen LogP) is 3.05. The molecule has 0 aromatic heterocycles. The minimum Gasteiger partial charge on any atom is -0.495 e. The van der Waals surface area contributed by atoms with Gasteiger partial charge in [0.1, 0.15) is 17.4 Å². The normalized spacial score (nSPS) is 11.4. The number of hydrogen-bond acceptors (Lipinski definition) is 5. The van der Waals surface area contributed by atoms with Gasteiger partial charge in [-0.1, -0.05) is 13.8 Å². The van der Waals surface area contributed by atoms with Gasteiger partial charge in [-0.2, -0.15) is 4.31 Å². The summed E-state index contributed by atoms with van der Waals surface area (Å²) in [5, 5.41) is 5.16. The average Bonchev–Trinajstić information content (AvgIpc) is 2.66. The Morgan fingerprint density at radius 2 is 1.69 bits per heavy atom. The lowest BCUT2D eigenvalue weighted by Gasteiger charge is -2.19. The number of carbonyl (C=O) groups is 1. The molecule has 0 heterocycles. The van der Waals surface area contributed by atoms with Gasteiger partial charge in [0, 0.05) is 24.8 Å². The smallest absolute Gasteiger partial charge is 0.243 e. The number of benzene rings is 2. The van der Waals surface area contributed by atoms with Gasteiger partial charge in [-0.3, -0.25) is 4.79 Å². The molecule has 0 aliphatic carbocycles. The molecule has 0 fully saturated rings. The van der Waals surface area contributed by atoms with E-state index in [9.17, 15) is 22.0 Å². The van der Waals surface area contributed by atoms with E-state index >= 15 is 0 Å². The van der Waals surface area contributed by atoms with Gasteiger partial charge in [0.2, 0.25) is 15.9 Å². The fraction of sp³-hybridized carbons (Fsp3) is 0.316. The minimum atomic E-state index is -3.72. The van der Waals surface area contributed by atoms with Crippen molar-refractivity contribution >= 4 is 27.3 Å². The van der Waals surface area contributed by atoms with E-state index in [1.54, 1.807) is 13.8 Å². The van der Waals surface area contributed by atoms with E-state index in [-0.39, 0.29) is 28.6 Å². The zero-order chi connectivity index (χ0) is 21.6. The van der Waals surface area contributed by atoms with Crippen LogP contribution in [0.15, 0.2) is 41.3 Å². The first kappa shape index (κ1) is 22.6. The minimum absolute atomic E-state index is 0.0115. The van der Waals surface area contributed by atoms with Crippen LogP contribution in [-0.2, 0) is 14.8 Å². The molecule has 0 spiro atoms. The van der Waals surface area contributed by atoms with Crippen LogP contribution < -0.4 is 15.4 Å². The summed E-state index contributed by atoms with van der Waals surface area (Å²) < 4.78 is 58.3. The van der Waals surface area contributed by atoms with Gasteiger partial charge in [0.05, 0.1) is 24.2 Å². The second-order valence-corrected chi connectivity index (χ2v) is 7.95. The van der Waals surface area contributed by atoms with Crippen LogP contribution in [-0.4, -0.2) is 45.4 Å². The predicted molar refractivity (Wildman–Crippen MR) is 107 cm³/mol. The summed E-state index contributed by atoms with van der Waals surface area (Å²) in [6, 6.07) is 6.98. The molecule has 2 aromatic carbocycles. The lowest BCUT2D eigenvalue weighted by molar-refractivity contribution is -0.114. The van der Waals surface area contributed by atoms with Crippen LogP contribution in [0.1, 0.15) is 13.8 Å². The first-order chi connectivity index (χ1) is 13.7. The second-order valence-electron chi connectivity index (χ2n) is 6.01. The third-order valence-electron chi connectivity index (χ3n) is 4.10. The Kier molecular flexibility index (Phi) is 7.52. The Hall–Kier alpha value is -2.72. The van der Waals surface area contributed by atoms with Crippen molar-refractivity contribution in [3.05, 3.63) is 48.0 Å². The number of rotatable bonds is 9. The molecular formula is C19H23F2N3O4S. The third kappa shape index (κ3) is 5.64. The van der Waals surface area contributed by atoms with Gasteiger partial charge in [-0.15, -0.1) is 0 Å². The van der Waals surface area contributed by atoms with Crippen LogP contribution in [0.5, 0.6) is 5.75 Å². The number of amides is 1. The van der Waals surface area contributed by atoms with Gasteiger partial charge >= 0.3 is 0 Å². The van der Waals surface area contributed by atoms with Gasteiger partial charge in [0.15, 0.2) is 0 Å². The van der Waals surface area contributed by atoms with Crippen molar-refractivity contribution in [2.24, 2.45) is 0 Å². The number of carbonyl (C=O) groups excluding carboxylic acids is 1. The quantitative estimate of drug-likeness (QED) is 0.642. The number of sulfonamides is 1. The molecule has 0 unspecified atom stereocenters. The first-order valence-corrected chi connectivity index (χ1v) is 10.3. The van der Waals surface area contributed by atoms with E-state index < -0.39 is 27.6 Å². The molecule has 7 nitrogen and oxygen atoms in total. The van der Waals surface area contributed by atoms with Crippen LogP contribution in [0.25, 0.3) is 0 Å². The van der Waals surface area contributed by atoms with Crippen LogP contribution in [0.3, 0.4) is 0 Å². The van der Waals surface area contributed by atoms with Crippen LogP contribution in [0, 0.1) is 11.6 Å². The zero-order valence-corrected chi connectivity index (χ0v) is 17.1. The molecule has 0 bridgehead atoms. The number of nitrogens with one attached hydrogen (secondary N) is 2. The molecule has 0 atom stereocenters. The Morgan fingerprint density at radius 3 is 2.24 bits per heavy atom. The van der Waals surface area contributed by atoms with Crippen molar-refractivity contribution in [1.29, 1.82) is 0 Å². The fourth-order valence-electron chi connectivity index (χ4n) is 2.69. The highest BCUT2D eigenvalue weighted by molar-refractivity contribution is 7.89. The highest BCUT2D eigenvalue weighted by atomic mass is 32.2. The molecule has 0 aliphatic heterocycles. The number of halogens is 2. The van der Waals surface area contributed by atoms with E-state index in [1.165, 1.54) is 29.6 Å². The van der Waals surface area contributed by atoms with Crippen molar-refractivity contribution < 1.29 is 26.7 Å². The van der Waals surface area contributed by atoms with Crippen LogP contribution >= 0.6 is 0 Å². The molecule has 2 aromatic rings. The number of nitrogens with zero attached hydrogens (tertiary/aromatic N) is 1. The third-order valence-corrected chi connectivity index (χ3v) is 6.15. The van der Waals surface area contributed by atoms with E-state index in [2.05, 4.69) is 10.6 Å². The average molecular weight is 427 g/mol. The van der Waals surface area contributed by atoms with Crippen molar-refractivity contribution in [3.63, 3.8) is 0 Å². The standard InChI is InChI=1S/C19H23F2N3O4S/c1-4-24(5-2)29(26,27)16-6-7-18(28-3)17(11-16)23-19(25)12-22-15-9-13(20)8-14(21)10-15/h6-11,22H,4-5,12H2,1-3H3,(H,23,25). The van der Waals surface area contributed by atoms with Crippen LogP contribution in [0.4, 0.5) is 20.2 Å². The highest BCUT2D eigenvalue weighted by Gasteiger charge is 2.23. The van der Waals surface area contributed by atoms with Gasteiger partial charge < -0.3 is 15.4 Å². The highest BCUT2D eigenvalue weighted by Crippen LogP contribution is 2.29. The van der Waals surface area contributed by atoms with Gasteiger partial charge in [-0.25, -0.2) is 17.2 Å². The largest absolute Gasteiger partial charge is 0.495 e. The lowest BCUT2D eigenvalue weighted by Crippen LogP contribution is -2.30. The van der Waals surface area contributed by atoms with Gasteiger partial charge in [0.25, 0.3) is 0 Å².